The van der Waals surface area contributed by atoms with E-state index in [0.717, 1.165) is 31.5 Å². The first-order chi connectivity index (χ1) is 11.6. The SMILES string of the molecule is CCC[C@@H]1CN(C(=O)c2conc2-c2ccccc2)C[C@H]1N(C)C. The van der Waals surface area contributed by atoms with Crippen LogP contribution >= 0.6 is 0 Å². The molecule has 2 atom stereocenters. The Morgan fingerprint density at radius 3 is 2.71 bits per heavy atom. The first-order valence-corrected chi connectivity index (χ1v) is 8.57. The van der Waals surface area contributed by atoms with E-state index in [1.165, 1.54) is 6.26 Å². The van der Waals surface area contributed by atoms with Crippen LogP contribution in [0.15, 0.2) is 41.1 Å². The van der Waals surface area contributed by atoms with Gasteiger partial charge in [0.05, 0.1) is 0 Å². The van der Waals surface area contributed by atoms with Crippen LogP contribution in [0.5, 0.6) is 0 Å². The van der Waals surface area contributed by atoms with E-state index in [0.29, 0.717) is 23.2 Å². The van der Waals surface area contributed by atoms with Crippen LogP contribution in [0.2, 0.25) is 0 Å². The van der Waals surface area contributed by atoms with Gasteiger partial charge in [-0.1, -0.05) is 48.8 Å². The molecule has 2 aromatic rings. The molecule has 0 bridgehead atoms. The van der Waals surface area contributed by atoms with Crippen molar-refractivity contribution in [3.05, 3.63) is 42.2 Å². The van der Waals surface area contributed by atoms with Gasteiger partial charge >= 0.3 is 0 Å². The quantitative estimate of drug-likeness (QED) is 0.846. The van der Waals surface area contributed by atoms with Crippen LogP contribution in [0.1, 0.15) is 30.1 Å². The molecule has 0 saturated carbocycles. The maximum absolute atomic E-state index is 13.0. The summed E-state index contributed by atoms with van der Waals surface area (Å²) in [7, 11) is 4.19. The summed E-state index contributed by atoms with van der Waals surface area (Å²) in [6, 6.07) is 10.1. The van der Waals surface area contributed by atoms with Crippen molar-refractivity contribution in [1.29, 1.82) is 0 Å². The number of carbonyl (C=O) groups is 1. The summed E-state index contributed by atoms with van der Waals surface area (Å²) in [5.41, 5.74) is 2.08. The van der Waals surface area contributed by atoms with Crippen LogP contribution < -0.4 is 0 Å². The van der Waals surface area contributed by atoms with Gasteiger partial charge in [0, 0.05) is 24.7 Å². The lowest BCUT2D eigenvalue weighted by molar-refractivity contribution is 0.0780. The van der Waals surface area contributed by atoms with Gasteiger partial charge < -0.3 is 14.3 Å². The number of hydrogen-bond acceptors (Lipinski definition) is 4. The van der Waals surface area contributed by atoms with E-state index in [1.807, 2.05) is 35.2 Å². The molecule has 1 aliphatic rings. The fourth-order valence-corrected chi connectivity index (χ4v) is 3.62. The zero-order chi connectivity index (χ0) is 17.1. The van der Waals surface area contributed by atoms with Gasteiger partial charge in [-0.25, -0.2) is 0 Å². The number of hydrogen-bond donors (Lipinski definition) is 0. The minimum Gasteiger partial charge on any atom is -0.363 e. The van der Waals surface area contributed by atoms with Crippen molar-refractivity contribution in [2.24, 2.45) is 5.92 Å². The molecule has 1 fully saturated rings. The van der Waals surface area contributed by atoms with Crippen molar-refractivity contribution < 1.29 is 9.32 Å². The van der Waals surface area contributed by atoms with Gasteiger partial charge in [0.15, 0.2) is 0 Å². The van der Waals surface area contributed by atoms with Crippen molar-refractivity contribution in [2.75, 3.05) is 27.2 Å². The highest BCUT2D eigenvalue weighted by atomic mass is 16.5. The van der Waals surface area contributed by atoms with Gasteiger partial charge in [0.25, 0.3) is 5.91 Å². The number of likely N-dealkylation sites (tertiary alicyclic amines) is 1. The smallest absolute Gasteiger partial charge is 0.259 e. The largest absolute Gasteiger partial charge is 0.363 e. The summed E-state index contributed by atoms with van der Waals surface area (Å²) in [5, 5.41) is 4.06. The average molecular weight is 327 g/mol. The molecule has 0 spiro atoms. The van der Waals surface area contributed by atoms with Gasteiger partial charge in [-0.2, -0.15) is 0 Å². The summed E-state index contributed by atoms with van der Waals surface area (Å²) in [6.07, 6.45) is 3.75. The first kappa shape index (κ1) is 16.7. The average Bonchev–Trinajstić information content (AvgIpc) is 3.22. The maximum Gasteiger partial charge on any atom is 0.259 e. The molecule has 0 unspecified atom stereocenters. The fourth-order valence-electron chi connectivity index (χ4n) is 3.62. The lowest BCUT2D eigenvalue weighted by atomic mass is 9.98. The van der Waals surface area contributed by atoms with Crippen molar-refractivity contribution in [1.82, 2.24) is 15.0 Å². The van der Waals surface area contributed by atoms with Gasteiger partial charge in [-0.05, 0) is 26.4 Å². The van der Waals surface area contributed by atoms with Crippen molar-refractivity contribution in [2.45, 2.75) is 25.8 Å². The third kappa shape index (κ3) is 3.22. The predicted molar refractivity (Wildman–Crippen MR) is 93.7 cm³/mol. The molecule has 5 nitrogen and oxygen atoms in total. The van der Waals surface area contributed by atoms with Gasteiger partial charge in [0.1, 0.15) is 17.5 Å². The standard InChI is InChI=1S/C19H25N3O2/c1-4-8-15-11-22(12-17(15)21(2)3)19(23)16-13-24-20-18(16)14-9-6-5-7-10-14/h5-7,9-10,13,15,17H,4,8,11-12H2,1-3H3/t15-,17-/m1/s1. The van der Waals surface area contributed by atoms with Crippen LogP contribution in [-0.4, -0.2) is 54.1 Å². The van der Waals surface area contributed by atoms with Gasteiger partial charge in [0.2, 0.25) is 0 Å². The molecule has 128 valence electrons. The molecule has 5 heteroatoms. The van der Waals surface area contributed by atoms with Crippen LogP contribution in [0.3, 0.4) is 0 Å². The Balaban J connectivity index is 1.82. The van der Waals surface area contributed by atoms with E-state index in [4.69, 9.17) is 4.52 Å². The van der Waals surface area contributed by atoms with E-state index in [1.54, 1.807) is 0 Å². The third-order valence-corrected chi connectivity index (χ3v) is 4.86. The minimum atomic E-state index is 0.0144. The summed E-state index contributed by atoms with van der Waals surface area (Å²) < 4.78 is 5.12. The Bertz CT molecular complexity index is 681. The molecule has 1 aromatic carbocycles. The van der Waals surface area contributed by atoms with Crippen LogP contribution in [0, 0.1) is 5.92 Å². The van der Waals surface area contributed by atoms with Crippen molar-refractivity contribution in [3.8, 4) is 11.3 Å². The Morgan fingerprint density at radius 1 is 1.29 bits per heavy atom. The third-order valence-electron chi connectivity index (χ3n) is 4.86. The number of rotatable bonds is 5. The first-order valence-electron chi connectivity index (χ1n) is 8.57. The van der Waals surface area contributed by atoms with Gasteiger partial charge in [-0.3, -0.25) is 4.79 Å². The number of benzene rings is 1. The van der Waals surface area contributed by atoms with Crippen molar-refractivity contribution in [3.63, 3.8) is 0 Å². The molecular formula is C19H25N3O2. The van der Waals surface area contributed by atoms with Crippen molar-refractivity contribution >= 4 is 5.91 Å². The molecule has 1 saturated heterocycles. The normalized spacial score (nSPS) is 20.8. The second kappa shape index (κ2) is 7.18. The number of carbonyl (C=O) groups excluding carboxylic acids is 1. The number of aromatic nitrogens is 1. The highest BCUT2D eigenvalue weighted by Crippen LogP contribution is 2.29. The highest BCUT2D eigenvalue weighted by molar-refractivity contribution is 5.99. The molecule has 0 N–H and O–H groups in total. The van der Waals surface area contributed by atoms with E-state index >= 15 is 0 Å². The zero-order valence-corrected chi connectivity index (χ0v) is 14.6. The van der Waals surface area contributed by atoms with Crippen LogP contribution in [0.4, 0.5) is 0 Å². The molecular weight excluding hydrogens is 302 g/mol. The van der Waals surface area contributed by atoms with Crippen LogP contribution in [-0.2, 0) is 0 Å². The Hall–Kier alpha value is -2.14. The van der Waals surface area contributed by atoms with E-state index < -0.39 is 0 Å². The lowest BCUT2D eigenvalue weighted by Crippen LogP contribution is -2.36. The molecule has 0 aliphatic carbocycles. The fraction of sp³-hybridized carbons (Fsp3) is 0.474. The molecule has 0 radical (unpaired) electrons. The Kier molecular flexibility index (Phi) is 5.00. The summed E-state index contributed by atoms with van der Waals surface area (Å²) >= 11 is 0. The van der Waals surface area contributed by atoms with Crippen LogP contribution in [0.25, 0.3) is 11.3 Å². The molecule has 1 aliphatic heterocycles. The highest BCUT2D eigenvalue weighted by Gasteiger charge is 2.37. The zero-order valence-electron chi connectivity index (χ0n) is 14.6. The molecule has 1 aromatic heterocycles. The summed E-state index contributed by atoms with van der Waals surface area (Å²) in [4.78, 5) is 17.2. The monoisotopic (exact) mass is 327 g/mol. The molecule has 1 amide bonds. The predicted octanol–water partition coefficient (Wildman–Crippen LogP) is 3.14. The number of nitrogens with zero attached hydrogens (tertiary/aromatic N) is 3. The Morgan fingerprint density at radius 2 is 2.04 bits per heavy atom. The Labute approximate surface area is 143 Å². The second-order valence-electron chi connectivity index (χ2n) is 6.73. The number of amides is 1. The minimum absolute atomic E-state index is 0.0144. The lowest BCUT2D eigenvalue weighted by Gasteiger charge is -2.24. The summed E-state index contributed by atoms with van der Waals surface area (Å²) in [6.45, 7) is 3.76. The van der Waals surface area contributed by atoms with Gasteiger partial charge in [-0.15, -0.1) is 0 Å². The molecule has 3 rings (SSSR count). The maximum atomic E-state index is 13.0. The molecule has 2 heterocycles. The second-order valence-corrected chi connectivity index (χ2v) is 6.73. The molecule has 24 heavy (non-hydrogen) atoms. The van der Waals surface area contributed by atoms with E-state index in [2.05, 4.69) is 31.1 Å². The van der Waals surface area contributed by atoms with E-state index in [9.17, 15) is 4.79 Å². The summed E-state index contributed by atoms with van der Waals surface area (Å²) in [5.74, 6) is 0.537. The number of likely N-dealkylation sites (N-methyl/N-ethyl adjacent to an activating group) is 1. The van der Waals surface area contributed by atoms with E-state index in [-0.39, 0.29) is 5.91 Å². The topological polar surface area (TPSA) is 49.6 Å².